The second-order valence-electron chi connectivity index (χ2n) is 5.89. The highest BCUT2D eigenvalue weighted by Crippen LogP contribution is 2.37. The molecule has 2 heterocycles. The van der Waals surface area contributed by atoms with Gasteiger partial charge in [-0.05, 0) is 41.3 Å². The second kappa shape index (κ2) is 6.66. The number of benzene rings is 2. The van der Waals surface area contributed by atoms with Crippen molar-refractivity contribution in [1.82, 2.24) is 4.41 Å². The molecule has 0 N–H and O–H groups in total. The third-order valence-corrected chi connectivity index (χ3v) is 6.81. The molecule has 0 radical (unpaired) electrons. The van der Waals surface area contributed by atoms with Crippen molar-refractivity contribution in [3.63, 3.8) is 0 Å². The van der Waals surface area contributed by atoms with E-state index in [9.17, 15) is 12.8 Å². The average molecular weight is 386 g/mol. The van der Waals surface area contributed by atoms with Crippen LogP contribution in [0, 0.1) is 5.82 Å². The van der Waals surface area contributed by atoms with Gasteiger partial charge in [-0.15, -0.1) is 11.3 Å². The number of hydrogen-bond acceptors (Lipinski definition) is 4. The van der Waals surface area contributed by atoms with Gasteiger partial charge < -0.3 is 0 Å². The van der Waals surface area contributed by atoms with E-state index in [1.54, 1.807) is 30.3 Å². The minimum absolute atomic E-state index is 0.164. The Morgan fingerprint density at radius 1 is 1.04 bits per heavy atom. The zero-order valence-electron chi connectivity index (χ0n) is 13.6. The molecule has 0 bridgehead atoms. The zero-order chi connectivity index (χ0) is 18.1. The Labute approximate surface area is 155 Å². The molecule has 0 saturated heterocycles. The second-order valence-corrected chi connectivity index (χ2v) is 8.63. The molecule has 3 aromatic rings. The van der Waals surface area contributed by atoms with Gasteiger partial charge >= 0.3 is 0 Å². The number of halogens is 1. The molecule has 0 saturated carbocycles. The van der Waals surface area contributed by atoms with E-state index in [1.165, 1.54) is 35.6 Å². The van der Waals surface area contributed by atoms with Gasteiger partial charge in [-0.2, -0.15) is 17.9 Å². The van der Waals surface area contributed by atoms with Crippen LogP contribution in [0.1, 0.15) is 22.9 Å². The average Bonchev–Trinajstić information content (AvgIpc) is 3.32. The number of thiophene rings is 1. The van der Waals surface area contributed by atoms with E-state index < -0.39 is 21.9 Å². The first-order valence-corrected chi connectivity index (χ1v) is 10.3. The fraction of sp³-hybridized carbons (Fsp3) is 0.105. The molecule has 1 aliphatic heterocycles. The lowest BCUT2D eigenvalue weighted by atomic mass is 10.0. The normalized spacial score (nSPS) is 17.3. The highest BCUT2D eigenvalue weighted by Gasteiger charge is 2.38. The molecule has 1 aromatic heterocycles. The molecule has 2 aromatic carbocycles. The lowest BCUT2D eigenvalue weighted by Gasteiger charge is -2.23. The molecule has 1 atom stereocenters. The van der Waals surface area contributed by atoms with Gasteiger partial charge in [0.1, 0.15) is 5.82 Å². The molecule has 0 unspecified atom stereocenters. The maximum Gasteiger partial charge on any atom is 0.279 e. The molecule has 0 aliphatic carbocycles. The van der Waals surface area contributed by atoms with E-state index in [4.69, 9.17) is 0 Å². The van der Waals surface area contributed by atoms with E-state index in [-0.39, 0.29) is 4.90 Å². The third-order valence-electron chi connectivity index (χ3n) is 4.20. The molecule has 7 heteroatoms. The summed E-state index contributed by atoms with van der Waals surface area (Å²) in [6, 6.07) is 17.4. The van der Waals surface area contributed by atoms with Gasteiger partial charge in [0.25, 0.3) is 10.0 Å². The van der Waals surface area contributed by atoms with Crippen molar-refractivity contribution < 1.29 is 12.8 Å². The van der Waals surface area contributed by atoms with Crippen molar-refractivity contribution in [2.24, 2.45) is 5.10 Å². The number of sulfonamides is 1. The molecule has 0 spiro atoms. The number of hydrazone groups is 1. The predicted molar refractivity (Wildman–Crippen MR) is 100 cm³/mol. The maximum absolute atomic E-state index is 13.7. The fourth-order valence-electron chi connectivity index (χ4n) is 2.96. The molecular weight excluding hydrogens is 371 g/mol. The minimum atomic E-state index is -3.84. The number of hydrogen-bond donors (Lipinski definition) is 0. The summed E-state index contributed by atoms with van der Waals surface area (Å²) in [6.45, 7) is 0. The van der Waals surface area contributed by atoms with Gasteiger partial charge in [-0.25, -0.2) is 4.39 Å². The van der Waals surface area contributed by atoms with Crippen LogP contribution in [0.5, 0.6) is 0 Å². The standard InChI is InChI=1S/C19H15FN2O2S2/c20-15-7-4-6-14(12-15)18-13-17(19-10-5-11-25-19)21-22(18)26(23,24)16-8-2-1-3-9-16/h1-12,18H,13H2/t18-/m1/s1. The Hall–Kier alpha value is -2.51. The third kappa shape index (κ3) is 3.04. The van der Waals surface area contributed by atoms with Crippen molar-refractivity contribution in [1.29, 1.82) is 0 Å². The summed E-state index contributed by atoms with van der Waals surface area (Å²) < 4.78 is 41.1. The van der Waals surface area contributed by atoms with Crippen molar-refractivity contribution in [2.75, 3.05) is 0 Å². The zero-order valence-corrected chi connectivity index (χ0v) is 15.3. The Bertz CT molecular complexity index is 1050. The minimum Gasteiger partial charge on any atom is -0.207 e. The summed E-state index contributed by atoms with van der Waals surface area (Å²) in [6.07, 6.45) is 0.399. The largest absolute Gasteiger partial charge is 0.279 e. The van der Waals surface area contributed by atoms with E-state index in [0.717, 1.165) is 9.29 Å². The summed E-state index contributed by atoms with van der Waals surface area (Å²) in [4.78, 5) is 1.08. The van der Waals surface area contributed by atoms with Crippen LogP contribution in [-0.4, -0.2) is 18.5 Å². The Morgan fingerprint density at radius 3 is 2.54 bits per heavy atom. The molecular formula is C19H15FN2O2S2. The first kappa shape index (κ1) is 16.9. The van der Waals surface area contributed by atoms with Gasteiger partial charge in [-0.1, -0.05) is 36.4 Å². The predicted octanol–water partition coefficient (Wildman–Crippen LogP) is 4.43. The van der Waals surface area contributed by atoms with Crippen LogP contribution in [0.2, 0.25) is 0 Å². The van der Waals surface area contributed by atoms with Crippen LogP contribution in [0.3, 0.4) is 0 Å². The summed E-state index contributed by atoms with van der Waals surface area (Å²) in [5, 5.41) is 6.34. The van der Waals surface area contributed by atoms with Crippen LogP contribution in [-0.2, 0) is 10.0 Å². The van der Waals surface area contributed by atoms with Gasteiger partial charge in [0, 0.05) is 6.42 Å². The van der Waals surface area contributed by atoms with Crippen LogP contribution >= 0.6 is 11.3 Å². The van der Waals surface area contributed by atoms with Gasteiger partial charge in [0.15, 0.2) is 0 Å². The molecule has 132 valence electrons. The smallest absolute Gasteiger partial charge is 0.207 e. The Morgan fingerprint density at radius 2 is 1.85 bits per heavy atom. The van der Waals surface area contributed by atoms with Crippen LogP contribution < -0.4 is 0 Å². The lowest BCUT2D eigenvalue weighted by Crippen LogP contribution is -2.27. The Kier molecular flexibility index (Phi) is 4.34. The van der Waals surface area contributed by atoms with E-state index in [1.807, 2.05) is 17.5 Å². The van der Waals surface area contributed by atoms with Gasteiger partial charge in [0.2, 0.25) is 0 Å². The monoisotopic (exact) mass is 386 g/mol. The first-order valence-electron chi connectivity index (χ1n) is 8.02. The molecule has 4 rings (SSSR count). The number of rotatable bonds is 4. The first-order chi connectivity index (χ1) is 12.6. The summed E-state index contributed by atoms with van der Waals surface area (Å²) in [5.41, 5.74) is 1.27. The van der Waals surface area contributed by atoms with Crippen LogP contribution in [0.4, 0.5) is 4.39 Å². The summed E-state index contributed by atoms with van der Waals surface area (Å²) in [7, 11) is -3.84. The molecule has 4 nitrogen and oxygen atoms in total. The topological polar surface area (TPSA) is 49.7 Å². The molecule has 1 aliphatic rings. The lowest BCUT2D eigenvalue weighted by molar-refractivity contribution is 0.370. The van der Waals surface area contributed by atoms with Crippen molar-refractivity contribution >= 4 is 27.1 Å². The molecule has 0 fully saturated rings. The van der Waals surface area contributed by atoms with Crippen molar-refractivity contribution in [3.05, 3.63) is 88.4 Å². The SMILES string of the molecule is O=S(=O)(c1ccccc1)N1N=C(c2cccs2)C[C@@H]1c1cccc(F)c1. The van der Waals surface area contributed by atoms with Crippen molar-refractivity contribution in [2.45, 2.75) is 17.4 Å². The maximum atomic E-state index is 13.7. The van der Waals surface area contributed by atoms with Gasteiger partial charge in [-0.3, -0.25) is 0 Å². The molecule has 0 amide bonds. The molecule has 26 heavy (non-hydrogen) atoms. The van der Waals surface area contributed by atoms with Crippen LogP contribution in [0.25, 0.3) is 0 Å². The van der Waals surface area contributed by atoms with Crippen molar-refractivity contribution in [3.8, 4) is 0 Å². The van der Waals surface area contributed by atoms with E-state index in [2.05, 4.69) is 5.10 Å². The number of nitrogens with zero attached hydrogens (tertiary/aromatic N) is 2. The Balaban J connectivity index is 1.81. The fourth-order valence-corrected chi connectivity index (χ4v) is 5.14. The highest BCUT2D eigenvalue weighted by atomic mass is 32.2. The quantitative estimate of drug-likeness (QED) is 0.666. The highest BCUT2D eigenvalue weighted by molar-refractivity contribution is 7.89. The van der Waals surface area contributed by atoms with E-state index >= 15 is 0 Å². The van der Waals surface area contributed by atoms with Gasteiger partial charge in [0.05, 0.1) is 21.5 Å². The van der Waals surface area contributed by atoms with Crippen LogP contribution in [0.15, 0.2) is 82.1 Å². The van der Waals surface area contributed by atoms with E-state index in [0.29, 0.717) is 17.7 Å². The summed E-state index contributed by atoms with van der Waals surface area (Å²) in [5.74, 6) is -0.399. The summed E-state index contributed by atoms with van der Waals surface area (Å²) >= 11 is 1.50.